The third-order valence-electron chi connectivity index (χ3n) is 10.5. The molecule has 0 bridgehead atoms. The van der Waals surface area contributed by atoms with Crippen LogP contribution in [-0.2, 0) is 0 Å². The number of hydrogen-bond acceptors (Lipinski definition) is 5. The molecule has 254 valence electrons. The van der Waals surface area contributed by atoms with Crippen molar-refractivity contribution in [1.82, 2.24) is 5.32 Å². The van der Waals surface area contributed by atoms with Gasteiger partial charge < -0.3 is 9.73 Å². The van der Waals surface area contributed by atoms with Crippen molar-refractivity contribution >= 4 is 75.9 Å². The summed E-state index contributed by atoms with van der Waals surface area (Å²) in [6.45, 7) is 0. The zero-order chi connectivity index (χ0) is 35.6. The summed E-state index contributed by atoms with van der Waals surface area (Å²) in [7, 11) is 0. The summed E-state index contributed by atoms with van der Waals surface area (Å²) in [4.78, 5) is 10.5. The van der Waals surface area contributed by atoms with Crippen LogP contribution in [0.4, 0.5) is 0 Å². The monoisotopic (exact) mass is 709 g/mol. The molecule has 0 fully saturated rings. The predicted molar refractivity (Wildman–Crippen MR) is 227 cm³/mol. The zero-order valence-electron chi connectivity index (χ0n) is 29.0. The molecule has 3 heterocycles. The number of benzene rings is 8. The first-order valence-corrected chi connectivity index (χ1v) is 19.0. The van der Waals surface area contributed by atoms with Gasteiger partial charge in [0.25, 0.3) is 0 Å². The lowest BCUT2D eigenvalue weighted by Gasteiger charge is -2.24. The van der Waals surface area contributed by atoms with Crippen LogP contribution in [0.2, 0.25) is 0 Å². The first kappa shape index (κ1) is 30.8. The Hall–Kier alpha value is -6.82. The van der Waals surface area contributed by atoms with Gasteiger partial charge in [-0.2, -0.15) is 0 Å². The first-order valence-electron chi connectivity index (χ1n) is 18.2. The molecule has 0 amide bonds. The van der Waals surface area contributed by atoms with E-state index in [1.54, 1.807) is 0 Å². The SMILES string of the molecule is c1ccc(-c2ccc(C3=NC(c4ccc5ccccc5c4)NC(c4cccc5oc6ccc(-c7ccc8sc9ccccc9c8c7)cc6c45)=N3)cc2)cc1. The highest BCUT2D eigenvalue weighted by Gasteiger charge is 2.24. The van der Waals surface area contributed by atoms with E-state index in [2.05, 4.69) is 163 Å². The van der Waals surface area contributed by atoms with E-state index in [0.717, 1.165) is 55.6 Å². The summed E-state index contributed by atoms with van der Waals surface area (Å²) >= 11 is 1.84. The van der Waals surface area contributed by atoms with Crippen molar-refractivity contribution in [3.05, 3.63) is 193 Å². The van der Waals surface area contributed by atoms with Gasteiger partial charge in [0.15, 0.2) is 5.84 Å². The molecule has 1 unspecified atom stereocenters. The maximum Gasteiger partial charge on any atom is 0.159 e. The van der Waals surface area contributed by atoms with Crippen molar-refractivity contribution in [2.75, 3.05) is 0 Å². The van der Waals surface area contributed by atoms with Crippen LogP contribution in [0.15, 0.2) is 190 Å². The fraction of sp³-hybridized carbons (Fsp3) is 0.0204. The van der Waals surface area contributed by atoms with Crippen LogP contribution in [0.25, 0.3) is 75.1 Å². The predicted octanol–water partition coefficient (Wildman–Crippen LogP) is 12.9. The summed E-state index contributed by atoms with van der Waals surface area (Å²) in [6, 6.07) is 62.2. The largest absolute Gasteiger partial charge is 0.456 e. The van der Waals surface area contributed by atoms with E-state index < -0.39 is 0 Å². The molecule has 1 aliphatic rings. The summed E-state index contributed by atoms with van der Waals surface area (Å²) < 4.78 is 9.11. The summed E-state index contributed by atoms with van der Waals surface area (Å²) in [6.07, 6.45) is -0.345. The molecular weight excluding hydrogens is 679 g/mol. The molecule has 0 aliphatic carbocycles. The minimum absolute atomic E-state index is 0.345. The van der Waals surface area contributed by atoms with Gasteiger partial charge in [0.1, 0.15) is 23.2 Å². The molecular formula is C49H31N3OS. The number of fused-ring (bicyclic) bond motifs is 7. The van der Waals surface area contributed by atoms with E-state index >= 15 is 0 Å². The highest BCUT2D eigenvalue weighted by atomic mass is 32.1. The minimum Gasteiger partial charge on any atom is -0.456 e. The molecule has 1 aliphatic heterocycles. The second-order valence-electron chi connectivity index (χ2n) is 13.8. The van der Waals surface area contributed by atoms with E-state index in [1.165, 1.54) is 42.1 Å². The fourth-order valence-corrected chi connectivity index (χ4v) is 8.90. The molecule has 11 rings (SSSR count). The second kappa shape index (κ2) is 12.4. The normalized spacial score (nSPS) is 14.5. The van der Waals surface area contributed by atoms with E-state index in [9.17, 15) is 0 Å². The van der Waals surface area contributed by atoms with Crippen molar-refractivity contribution in [3.63, 3.8) is 0 Å². The zero-order valence-corrected chi connectivity index (χ0v) is 29.8. The van der Waals surface area contributed by atoms with Gasteiger partial charge in [-0.25, -0.2) is 9.98 Å². The van der Waals surface area contributed by atoms with Gasteiger partial charge in [0, 0.05) is 42.1 Å². The van der Waals surface area contributed by atoms with Crippen LogP contribution < -0.4 is 5.32 Å². The maximum atomic E-state index is 6.51. The van der Waals surface area contributed by atoms with Gasteiger partial charge in [-0.05, 0) is 81.1 Å². The number of furan rings is 1. The standard InChI is InChI=1S/C49H31N3OS/c1-2-9-30(10-3-1)32-17-20-33(21-18-32)47-50-48(37-22-19-31-11-4-5-12-34(31)27-37)52-49(51-47)39-14-8-15-43-46(39)41-29-35(23-25-42(41)53-43)36-24-26-45-40(28-36)38-13-6-7-16-44(38)54-45/h1-29,48H,(H,50,51,52). The van der Waals surface area contributed by atoms with Crippen LogP contribution in [0.5, 0.6) is 0 Å². The topological polar surface area (TPSA) is 49.9 Å². The third kappa shape index (κ3) is 5.20. The molecule has 0 spiro atoms. The molecule has 10 aromatic rings. The van der Waals surface area contributed by atoms with Gasteiger partial charge in [0.05, 0.1) is 0 Å². The van der Waals surface area contributed by atoms with Crippen LogP contribution >= 0.6 is 11.3 Å². The smallest absolute Gasteiger partial charge is 0.159 e. The van der Waals surface area contributed by atoms with Gasteiger partial charge >= 0.3 is 0 Å². The molecule has 0 saturated heterocycles. The maximum absolute atomic E-state index is 6.51. The number of hydrogen-bond donors (Lipinski definition) is 1. The van der Waals surface area contributed by atoms with E-state index in [4.69, 9.17) is 14.4 Å². The molecule has 5 heteroatoms. The molecule has 1 N–H and O–H groups in total. The van der Waals surface area contributed by atoms with E-state index in [-0.39, 0.29) is 6.17 Å². The molecule has 8 aromatic carbocycles. The molecule has 0 saturated carbocycles. The van der Waals surface area contributed by atoms with Crippen molar-refractivity contribution < 1.29 is 4.42 Å². The average Bonchev–Trinajstić information content (AvgIpc) is 3.81. The van der Waals surface area contributed by atoms with Crippen molar-refractivity contribution in [1.29, 1.82) is 0 Å². The summed E-state index contributed by atoms with van der Waals surface area (Å²) in [5, 5.41) is 10.8. The number of rotatable bonds is 5. The molecule has 0 radical (unpaired) electrons. The summed E-state index contributed by atoms with van der Waals surface area (Å²) in [5.41, 5.74) is 9.32. The van der Waals surface area contributed by atoms with Crippen LogP contribution in [0, 0.1) is 0 Å². The molecule has 54 heavy (non-hydrogen) atoms. The van der Waals surface area contributed by atoms with Crippen LogP contribution in [0.1, 0.15) is 22.9 Å². The van der Waals surface area contributed by atoms with Crippen molar-refractivity contribution in [2.45, 2.75) is 6.17 Å². The highest BCUT2D eigenvalue weighted by molar-refractivity contribution is 7.25. The summed E-state index contributed by atoms with van der Waals surface area (Å²) in [5.74, 6) is 1.44. The van der Waals surface area contributed by atoms with Gasteiger partial charge in [-0.15, -0.1) is 11.3 Å². The van der Waals surface area contributed by atoms with Crippen molar-refractivity contribution in [2.24, 2.45) is 9.98 Å². The lowest BCUT2D eigenvalue weighted by Crippen LogP contribution is -2.33. The Morgan fingerprint density at radius 2 is 1.19 bits per heavy atom. The number of aliphatic imine (C=N–C) groups is 2. The number of nitrogens with zero attached hydrogens (tertiary/aromatic N) is 2. The Labute approximate surface area is 315 Å². The molecule has 1 atom stereocenters. The lowest BCUT2D eigenvalue weighted by molar-refractivity contribution is 0.668. The number of nitrogens with one attached hydrogen (secondary N) is 1. The van der Waals surface area contributed by atoms with Gasteiger partial charge in [0.2, 0.25) is 0 Å². The molecule has 2 aromatic heterocycles. The first-order chi connectivity index (χ1) is 26.7. The van der Waals surface area contributed by atoms with Gasteiger partial charge in [-0.3, -0.25) is 0 Å². The Balaban J connectivity index is 1.05. The fourth-order valence-electron chi connectivity index (χ4n) is 7.82. The van der Waals surface area contributed by atoms with Crippen LogP contribution in [0.3, 0.4) is 0 Å². The minimum atomic E-state index is -0.345. The van der Waals surface area contributed by atoms with Gasteiger partial charge in [-0.1, -0.05) is 133 Å². The highest BCUT2D eigenvalue weighted by Crippen LogP contribution is 2.39. The van der Waals surface area contributed by atoms with Crippen LogP contribution in [-0.4, -0.2) is 11.7 Å². The Bertz CT molecular complexity index is 3140. The third-order valence-corrected chi connectivity index (χ3v) is 11.7. The number of amidine groups is 2. The Kier molecular flexibility index (Phi) is 7.07. The Morgan fingerprint density at radius 3 is 2.07 bits per heavy atom. The number of thiophene rings is 1. The molecule has 4 nitrogen and oxygen atoms in total. The van der Waals surface area contributed by atoms with E-state index in [1.807, 2.05) is 29.5 Å². The second-order valence-corrected chi connectivity index (χ2v) is 14.9. The van der Waals surface area contributed by atoms with E-state index in [0.29, 0.717) is 5.84 Å². The Morgan fingerprint density at radius 1 is 0.481 bits per heavy atom. The lowest BCUT2D eigenvalue weighted by atomic mass is 9.98. The quantitative estimate of drug-likeness (QED) is 0.193. The van der Waals surface area contributed by atoms with Crippen molar-refractivity contribution in [3.8, 4) is 22.3 Å². The average molecular weight is 710 g/mol.